The maximum Gasteiger partial charge on any atom is 0.265 e. The first-order chi connectivity index (χ1) is 15.6. The third kappa shape index (κ3) is 4.69. The van der Waals surface area contributed by atoms with Crippen LogP contribution in [0.3, 0.4) is 0 Å². The maximum atomic E-state index is 13.1. The van der Waals surface area contributed by atoms with Gasteiger partial charge in [0.1, 0.15) is 5.75 Å². The zero-order chi connectivity index (χ0) is 23.8. The molecule has 0 unspecified atom stereocenters. The number of nitrogens with zero attached hydrogens (tertiary/aromatic N) is 2. The van der Waals surface area contributed by atoms with Crippen LogP contribution in [0.1, 0.15) is 24.2 Å². The van der Waals surface area contributed by atoms with Crippen molar-refractivity contribution in [1.82, 2.24) is 9.21 Å². The molecule has 11 heteroatoms. The molecule has 2 aromatic carbocycles. The Morgan fingerprint density at radius 2 is 1.73 bits per heavy atom. The molecule has 0 bridgehead atoms. The normalized spacial score (nSPS) is 18.7. The summed E-state index contributed by atoms with van der Waals surface area (Å²) in [5.41, 5.74) is 1.37. The summed E-state index contributed by atoms with van der Waals surface area (Å²) in [4.78, 5) is 37.4. The van der Waals surface area contributed by atoms with E-state index in [0.29, 0.717) is 22.7 Å². The molecule has 174 valence electrons. The number of carbonyl (C=O) groups excluding carboxylic acids is 3. The number of amides is 3. The van der Waals surface area contributed by atoms with Crippen LogP contribution in [0.15, 0.2) is 47.4 Å². The summed E-state index contributed by atoms with van der Waals surface area (Å²) in [5.74, 6) is -0.325. The molecule has 0 saturated carbocycles. The highest BCUT2D eigenvalue weighted by Gasteiger charge is 2.32. The molecule has 1 atom stereocenters. The number of hydrogen-bond donors (Lipinski definition) is 2. The van der Waals surface area contributed by atoms with Gasteiger partial charge in [-0.3, -0.25) is 14.4 Å². The number of fused-ring (bicyclic) bond motifs is 1. The first-order valence-electron chi connectivity index (χ1n) is 10.4. The molecule has 2 heterocycles. The van der Waals surface area contributed by atoms with Crippen molar-refractivity contribution >= 4 is 39.1 Å². The Hall–Kier alpha value is -3.44. The van der Waals surface area contributed by atoms with Crippen LogP contribution in [-0.2, 0) is 19.6 Å². The lowest BCUT2D eigenvalue weighted by Gasteiger charge is -2.34. The second-order valence-corrected chi connectivity index (χ2v) is 9.80. The number of carbonyl (C=O) groups is 3. The van der Waals surface area contributed by atoms with Crippen molar-refractivity contribution in [2.24, 2.45) is 0 Å². The van der Waals surface area contributed by atoms with Gasteiger partial charge in [0, 0.05) is 44.4 Å². The van der Waals surface area contributed by atoms with Crippen LogP contribution in [0, 0.1) is 0 Å². The summed E-state index contributed by atoms with van der Waals surface area (Å²) in [7, 11) is -3.81. The Kier molecular flexibility index (Phi) is 6.09. The van der Waals surface area contributed by atoms with Gasteiger partial charge in [0.05, 0.1) is 10.6 Å². The van der Waals surface area contributed by atoms with Crippen molar-refractivity contribution in [3.8, 4) is 5.75 Å². The number of benzene rings is 2. The molecular weight excluding hydrogens is 448 g/mol. The number of hydrogen-bond acceptors (Lipinski definition) is 6. The van der Waals surface area contributed by atoms with Gasteiger partial charge in [-0.25, -0.2) is 8.42 Å². The standard InChI is InChI=1S/C22H24N4O6S/c1-14-21(28)24-19-13-18(7-8-20(19)32-14)33(30,31)26-11-9-25(10-12-26)22(29)16-3-5-17(6-4-16)23-15(2)27/h3-8,13-14H,9-12H2,1-2H3,(H,23,27)(H,24,28)/t14-/m0/s1. The van der Waals surface area contributed by atoms with E-state index in [4.69, 9.17) is 4.74 Å². The summed E-state index contributed by atoms with van der Waals surface area (Å²) < 4.78 is 33.1. The van der Waals surface area contributed by atoms with Crippen LogP contribution in [-0.4, -0.2) is 67.6 Å². The summed E-state index contributed by atoms with van der Waals surface area (Å²) in [5, 5.41) is 5.30. The predicted molar refractivity (Wildman–Crippen MR) is 121 cm³/mol. The molecule has 2 aliphatic rings. The van der Waals surface area contributed by atoms with E-state index < -0.39 is 16.1 Å². The van der Waals surface area contributed by atoms with Gasteiger partial charge in [0.25, 0.3) is 11.8 Å². The van der Waals surface area contributed by atoms with Crippen LogP contribution in [0.4, 0.5) is 11.4 Å². The lowest BCUT2D eigenvalue weighted by atomic mass is 10.1. The minimum Gasteiger partial charge on any atom is -0.479 e. The highest BCUT2D eigenvalue weighted by molar-refractivity contribution is 7.89. The molecule has 10 nitrogen and oxygen atoms in total. The van der Waals surface area contributed by atoms with Crippen molar-refractivity contribution < 1.29 is 27.5 Å². The van der Waals surface area contributed by atoms with Crippen LogP contribution < -0.4 is 15.4 Å². The molecule has 2 aliphatic heterocycles. The van der Waals surface area contributed by atoms with Crippen molar-refractivity contribution in [1.29, 1.82) is 0 Å². The fraction of sp³-hybridized carbons (Fsp3) is 0.318. The molecule has 1 fully saturated rings. The molecule has 0 aliphatic carbocycles. The molecule has 0 radical (unpaired) electrons. The number of anilines is 2. The number of nitrogens with one attached hydrogen (secondary N) is 2. The lowest BCUT2D eigenvalue weighted by molar-refractivity contribution is -0.122. The Bertz CT molecular complexity index is 1200. The quantitative estimate of drug-likeness (QED) is 0.695. The zero-order valence-corrected chi connectivity index (χ0v) is 19.0. The van der Waals surface area contributed by atoms with Crippen molar-refractivity contribution in [2.45, 2.75) is 24.8 Å². The monoisotopic (exact) mass is 472 g/mol. The van der Waals surface area contributed by atoms with E-state index in [1.165, 1.54) is 29.4 Å². The highest BCUT2D eigenvalue weighted by Crippen LogP contribution is 2.33. The van der Waals surface area contributed by atoms with Crippen molar-refractivity contribution in [3.63, 3.8) is 0 Å². The number of piperazine rings is 1. The third-order valence-corrected chi connectivity index (χ3v) is 7.39. The second-order valence-electron chi connectivity index (χ2n) is 7.86. The smallest absolute Gasteiger partial charge is 0.265 e. The molecule has 1 saturated heterocycles. The average molecular weight is 473 g/mol. The number of rotatable bonds is 4. The van der Waals surface area contributed by atoms with Crippen molar-refractivity contribution in [2.75, 3.05) is 36.8 Å². The largest absolute Gasteiger partial charge is 0.479 e. The Labute approximate surface area is 191 Å². The van der Waals surface area contributed by atoms with E-state index in [2.05, 4.69) is 10.6 Å². The Balaban J connectivity index is 1.42. The summed E-state index contributed by atoms with van der Waals surface area (Å²) in [6, 6.07) is 10.9. The molecular formula is C22H24N4O6S. The number of ether oxygens (including phenoxy) is 1. The van der Waals surface area contributed by atoms with Crippen LogP contribution in [0.2, 0.25) is 0 Å². The molecule has 2 N–H and O–H groups in total. The fourth-order valence-corrected chi connectivity index (χ4v) is 5.16. The van der Waals surface area contributed by atoms with E-state index in [-0.39, 0.29) is 48.8 Å². The average Bonchev–Trinajstić information content (AvgIpc) is 2.79. The molecule has 2 aromatic rings. The first-order valence-corrected chi connectivity index (χ1v) is 11.9. The van der Waals surface area contributed by atoms with Gasteiger partial charge in [-0.05, 0) is 49.4 Å². The molecule has 33 heavy (non-hydrogen) atoms. The van der Waals surface area contributed by atoms with E-state index in [1.807, 2.05) is 0 Å². The van der Waals surface area contributed by atoms with Gasteiger partial charge in [-0.15, -0.1) is 0 Å². The van der Waals surface area contributed by atoms with Gasteiger partial charge >= 0.3 is 0 Å². The zero-order valence-electron chi connectivity index (χ0n) is 18.2. The molecule has 0 spiro atoms. The minimum atomic E-state index is -3.81. The van der Waals surface area contributed by atoms with E-state index in [9.17, 15) is 22.8 Å². The van der Waals surface area contributed by atoms with Gasteiger partial charge in [0.15, 0.2) is 6.10 Å². The molecule has 4 rings (SSSR count). The summed E-state index contributed by atoms with van der Waals surface area (Å²) in [6.45, 7) is 3.80. The van der Waals surface area contributed by atoms with Crippen LogP contribution in [0.5, 0.6) is 5.75 Å². The second kappa shape index (κ2) is 8.83. The Morgan fingerprint density at radius 3 is 2.36 bits per heavy atom. The lowest BCUT2D eigenvalue weighted by Crippen LogP contribution is -2.50. The SMILES string of the molecule is CC(=O)Nc1ccc(C(=O)N2CCN(S(=O)(=O)c3ccc4c(c3)NC(=O)[C@H](C)O4)CC2)cc1. The topological polar surface area (TPSA) is 125 Å². The highest BCUT2D eigenvalue weighted by atomic mass is 32.2. The van der Waals surface area contributed by atoms with Gasteiger partial charge in [-0.1, -0.05) is 0 Å². The van der Waals surface area contributed by atoms with E-state index >= 15 is 0 Å². The van der Waals surface area contributed by atoms with Gasteiger partial charge < -0.3 is 20.3 Å². The van der Waals surface area contributed by atoms with Gasteiger partial charge in [-0.2, -0.15) is 4.31 Å². The van der Waals surface area contributed by atoms with Crippen molar-refractivity contribution in [3.05, 3.63) is 48.0 Å². The van der Waals surface area contributed by atoms with Crippen LogP contribution >= 0.6 is 0 Å². The van der Waals surface area contributed by atoms with E-state index in [0.717, 1.165) is 0 Å². The van der Waals surface area contributed by atoms with Gasteiger partial charge in [0.2, 0.25) is 15.9 Å². The third-order valence-electron chi connectivity index (χ3n) is 5.50. The fourth-order valence-electron chi connectivity index (χ4n) is 3.71. The summed E-state index contributed by atoms with van der Waals surface area (Å²) in [6.07, 6.45) is -0.646. The van der Waals surface area contributed by atoms with E-state index in [1.54, 1.807) is 36.1 Å². The molecule has 3 amide bonds. The van der Waals surface area contributed by atoms with Crippen LogP contribution in [0.25, 0.3) is 0 Å². The predicted octanol–water partition coefficient (Wildman–Crippen LogP) is 1.51. The first kappa shape index (κ1) is 22.7. The number of sulfonamides is 1. The summed E-state index contributed by atoms with van der Waals surface area (Å²) >= 11 is 0. The maximum absolute atomic E-state index is 13.1. The minimum absolute atomic E-state index is 0.0491. The Morgan fingerprint density at radius 1 is 1.06 bits per heavy atom. The molecule has 0 aromatic heterocycles.